The number of aryl methyl sites for hydroxylation is 1. The minimum absolute atomic E-state index is 0.387. The lowest BCUT2D eigenvalue weighted by atomic mass is 10.0. The van der Waals surface area contributed by atoms with Crippen LogP contribution in [0, 0.1) is 12.7 Å². The molecule has 0 radical (unpaired) electrons. The molecule has 0 aliphatic carbocycles. The van der Waals surface area contributed by atoms with Gasteiger partial charge in [0.05, 0.1) is 6.04 Å². The molecule has 2 unspecified atom stereocenters. The van der Waals surface area contributed by atoms with E-state index in [1.807, 2.05) is 48.7 Å². The van der Waals surface area contributed by atoms with Crippen LogP contribution >= 0.6 is 11.3 Å². The Bertz CT molecular complexity index is 1130. The Hall–Kier alpha value is -3.52. The van der Waals surface area contributed by atoms with Gasteiger partial charge < -0.3 is 5.32 Å². The molecule has 0 saturated carbocycles. The zero-order valence-corrected chi connectivity index (χ0v) is 18.4. The van der Waals surface area contributed by atoms with Gasteiger partial charge in [0.2, 0.25) is 5.91 Å². The molecule has 164 valence electrons. The number of imide groups is 1. The first kappa shape index (κ1) is 21.7. The van der Waals surface area contributed by atoms with E-state index in [0.717, 1.165) is 20.9 Å². The van der Waals surface area contributed by atoms with Crippen molar-refractivity contribution in [1.29, 1.82) is 0 Å². The maximum Gasteiger partial charge on any atom is 0.332 e. The molecule has 0 spiro atoms. The van der Waals surface area contributed by atoms with E-state index in [4.69, 9.17) is 0 Å². The highest BCUT2D eigenvalue weighted by Gasteiger charge is 2.44. The van der Waals surface area contributed by atoms with Crippen molar-refractivity contribution in [2.45, 2.75) is 25.9 Å². The average Bonchev–Trinajstić information content (AvgIpc) is 3.38. The molecule has 2 atom stereocenters. The molecule has 4 amide bonds. The fourth-order valence-electron chi connectivity index (χ4n) is 3.69. The molecule has 1 N–H and O–H groups in total. The highest BCUT2D eigenvalue weighted by Crippen LogP contribution is 2.28. The van der Waals surface area contributed by atoms with Crippen molar-refractivity contribution < 1.29 is 18.8 Å². The molecule has 4 rings (SSSR count). The molecule has 1 fully saturated rings. The normalized spacial score (nSPS) is 17.0. The predicted octanol–water partition coefficient (Wildman–Crippen LogP) is 4.26. The van der Waals surface area contributed by atoms with E-state index in [1.165, 1.54) is 40.5 Å². The van der Waals surface area contributed by atoms with Gasteiger partial charge in [-0.15, -0.1) is 11.3 Å². The van der Waals surface area contributed by atoms with Crippen molar-refractivity contribution in [3.8, 4) is 0 Å². The third-order valence-corrected chi connectivity index (χ3v) is 6.34. The molecule has 6 nitrogen and oxygen atoms in total. The van der Waals surface area contributed by atoms with Gasteiger partial charge >= 0.3 is 6.03 Å². The Morgan fingerprint density at radius 1 is 1.09 bits per heavy atom. The van der Waals surface area contributed by atoms with Crippen molar-refractivity contribution in [2.24, 2.45) is 0 Å². The average molecular weight is 452 g/mol. The zero-order chi connectivity index (χ0) is 22.8. The predicted molar refractivity (Wildman–Crippen MR) is 121 cm³/mol. The Labute approximate surface area is 189 Å². The number of thiophene rings is 1. The molecule has 3 aromatic rings. The number of carbonyl (C=O) groups excluding carboxylic acids is 3. The van der Waals surface area contributed by atoms with Gasteiger partial charge in [-0.1, -0.05) is 35.9 Å². The highest BCUT2D eigenvalue weighted by atomic mass is 32.1. The Morgan fingerprint density at radius 2 is 1.78 bits per heavy atom. The number of nitrogens with zero attached hydrogens (tertiary/aromatic N) is 2. The van der Waals surface area contributed by atoms with Crippen LogP contribution < -0.4 is 10.2 Å². The van der Waals surface area contributed by atoms with Gasteiger partial charge in [-0.3, -0.25) is 19.4 Å². The van der Waals surface area contributed by atoms with Gasteiger partial charge in [0, 0.05) is 10.6 Å². The van der Waals surface area contributed by atoms with Crippen LogP contribution in [0.3, 0.4) is 0 Å². The van der Waals surface area contributed by atoms with Gasteiger partial charge in [-0.05, 0) is 55.1 Å². The lowest BCUT2D eigenvalue weighted by molar-refractivity contribution is -0.132. The van der Waals surface area contributed by atoms with Gasteiger partial charge in [0.1, 0.15) is 18.4 Å². The van der Waals surface area contributed by atoms with E-state index in [-0.39, 0.29) is 6.04 Å². The SMILES string of the molecule is Cc1ccc(C(NC(=O)CN2C(=O)C(C)N(c3ccc(F)cc3)C2=O)c2cccs2)cc1. The minimum Gasteiger partial charge on any atom is -0.343 e. The summed E-state index contributed by atoms with van der Waals surface area (Å²) in [7, 11) is 0. The van der Waals surface area contributed by atoms with E-state index >= 15 is 0 Å². The number of hydrogen-bond donors (Lipinski definition) is 1. The molecule has 0 bridgehead atoms. The van der Waals surface area contributed by atoms with Crippen LogP contribution in [0.1, 0.15) is 29.0 Å². The first-order valence-electron chi connectivity index (χ1n) is 10.1. The van der Waals surface area contributed by atoms with Crippen LogP contribution in [0.5, 0.6) is 0 Å². The van der Waals surface area contributed by atoms with Crippen molar-refractivity contribution in [1.82, 2.24) is 10.2 Å². The third kappa shape index (κ3) is 4.27. The molecule has 2 heterocycles. The minimum atomic E-state index is -0.786. The van der Waals surface area contributed by atoms with Crippen molar-refractivity contribution in [3.63, 3.8) is 0 Å². The smallest absolute Gasteiger partial charge is 0.332 e. The number of amides is 4. The monoisotopic (exact) mass is 451 g/mol. The van der Waals surface area contributed by atoms with E-state index in [2.05, 4.69) is 5.32 Å². The molecule has 1 aromatic heterocycles. The van der Waals surface area contributed by atoms with E-state index < -0.39 is 36.2 Å². The van der Waals surface area contributed by atoms with Crippen LogP contribution in [-0.4, -0.2) is 35.3 Å². The molecule has 8 heteroatoms. The van der Waals surface area contributed by atoms with Crippen LogP contribution in [0.15, 0.2) is 66.0 Å². The summed E-state index contributed by atoms with van der Waals surface area (Å²) in [5.74, 6) is -1.36. The maximum absolute atomic E-state index is 13.3. The first-order valence-corrected chi connectivity index (χ1v) is 11.0. The zero-order valence-electron chi connectivity index (χ0n) is 17.6. The van der Waals surface area contributed by atoms with Crippen LogP contribution in [0.4, 0.5) is 14.9 Å². The van der Waals surface area contributed by atoms with Gasteiger partial charge in [0.25, 0.3) is 5.91 Å². The largest absolute Gasteiger partial charge is 0.343 e. The number of rotatable bonds is 6. The summed E-state index contributed by atoms with van der Waals surface area (Å²) in [6, 6.07) is 15.2. The quantitative estimate of drug-likeness (QED) is 0.570. The Morgan fingerprint density at radius 3 is 2.41 bits per heavy atom. The summed E-state index contributed by atoms with van der Waals surface area (Å²) in [6.45, 7) is 3.18. The number of carbonyl (C=O) groups is 3. The fourth-order valence-corrected chi connectivity index (χ4v) is 4.49. The summed E-state index contributed by atoms with van der Waals surface area (Å²) >= 11 is 1.51. The molecule has 32 heavy (non-hydrogen) atoms. The van der Waals surface area contributed by atoms with E-state index in [9.17, 15) is 18.8 Å². The number of halogens is 1. The molecule has 1 aliphatic rings. The standard InChI is InChI=1S/C24H22FN3O3S/c1-15-5-7-17(8-6-15)22(20-4-3-13-32-20)26-21(29)14-27-23(30)16(2)28(24(27)31)19-11-9-18(25)10-12-19/h3-13,16,22H,14H2,1-2H3,(H,26,29). The number of benzene rings is 2. The number of nitrogens with one attached hydrogen (secondary N) is 1. The molecular weight excluding hydrogens is 429 g/mol. The van der Waals surface area contributed by atoms with E-state index in [0.29, 0.717) is 5.69 Å². The lowest BCUT2D eigenvalue weighted by Gasteiger charge is -2.21. The van der Waals surface area contributed by atoms with Crippen LogP contribution in [0.2, 0.25) is 0 Å². The van der Waals surface area contributed by atoms with Crippen molar-refractivity contribution in [2.75, 3.05) is 11.4 Å². The summed E-state index contributed by atoms with van der Waals surface area (Å²) < 4.78 is 13.3. The second-order valence-corrected chi connectivity index (χ2v) is 8.64. The Kier molecular flexibility index (Phi) is 6.05. The molecule has 2 aromatic carbocycles. The number of anilines is 1. The van der Waals surface area contributed by atoms with Crippen molar-refractivity contribution in [3.05, 3.63) is 87.9 Å². The van der Waals surface area contributed by atoms with Crippen LogP contribution in [0.25, 0.3) is 0 Å². The van der Waals surface area contributed by atoms with Gasteiger partial charge in [0.15, 0.2) is 0 Å². The third-order valence-electron chi connectivity index (χ3n) is 5.40. The summed E-state index contributed by atoms with van der Waals surface area (Å²) in [5.41, 5.74) is 2.41. The first-order chi connectivity index (χ1) is 15.3. The number of urea groups is 1. The Balaban J connectivity index is 1.52. The summed E-state index contributed by atoms with van der Waals surface area (Å²) in [4.78, 5) is 41.7. The van der Waals surface area contributed by atoms with Crippen molar-refractivity contribution >= 4 is 34.9 Å². The van der Waals surface area contributed by atoms with Crippen LogP contribution in [-0.2, 0) is 9.59 Å². The second kappa shape index (κ2) is 8.92. The van der Waals surface area contributed by atoms with E-state index in [1.54, 1.807) is 6.92 Å². The fraction of sp³-hybridized carbons (Fsp3) is 0.208. The van der Waals surface area contributed by atoms with Gasteiger partial charge in [-0.25, -0.2) is 9.18 Å². The second-order valence-electron chi connectivity index (χ2n) is 7.66. The molecular formula is C24H22FN3O3S. The molecule has 1 aliphatic heterocycles. The summed E-state index contributed by atoms with van der Waals surface area (Å²) in [5, 5.41) is 4.89. The summed E-state index contributed by atoms with van der Waals surface area (Å²) in [6.07, 6.45) is 0. The van der Waals surface area contributed by atoms with Gasteiger partial charge in [-0.2, -0.15) is 0 Å². The highest BCUT2D eigenvalue weighted by molar-refractivity contribution is 7.10. The maximum atomic E-state index is 13.3. The number of hydrogen-bond acceptors (Lipinski definition) is 4. The topological polar surface area (TPSA) is 69.7 Å². The molecule has 1 saturated heterocycles. The lowest BCUT2D eigenvalue weighted by Crippen LogP contribution is -2.42.